The number of hydrogen-bond donors (Lipinski definition) is 0. The topological polar surface area (TPSA) is 8.17 Å². The third-order valence-electron chi connectivity index (χ3n) is 7.43. The van der Waals surface area contributed by atoms with E-state index in [1.807, 2.05) is 0 Å². The number of anilines is 2. The Hall–Kier alpha value is -4.04. The van der Waals surface area contributed by atoms with E-state index < -0.39 is 0 Å². The van der Waals surface area contributed by atoms with Crippen LogP contribution >= 0.6 is 0 Å². The zero-order valence-corrected chi connectivity index (χ0v) is 18.5. The fourth-order valence-electron chi connectivity index (χ4n) is 5.90. The van der Waals surface area contributed by atoms with Gasteiger partial charge in [0.25, 0.3) is 0 Å². The van der Waals surface area contributed by atoms with Crippen LogP contribution in [0.2, 0.25) is 0 Å². The Bertz CT molecular complexity index is 1550. The highest BCUT2D eigenvalue weighted by Crippen LogP contribution is 2.51. The first-order valence-corrected chi connectivity index (χ1v) is 11.6. The predicted octanol–water partition coefficient (Wildman–Crippen LogP) is 7.69. The minimum Gasteiger partial charge on any atom is -0.333 e. The molecule has 4 aromatic carbocycles. The number of para-hydroxylation sites is 3. The molecule has 1 aliphatic heterocycles. The van der Waals surface area contributed by atoms with Gasteiger partial charge in [-0.05, 0) is 48.9 Å². The van der Waals surface area contributed by atoms with Crippen LogP contribution in [0.15, 0.2) is 121 Å². The summed E-state index contributed by atoms with van der Waals surface area (Å²) in [5, 5.41) is 2.58. The third-order valence-corrected chi connectivity index (χ3v) is 7.43. The summed E-state index contributed by atoms with van der Waals surface area (Å²) in [6.45, 7) is 2.35. The molecule has 158 valence electrons. The summed E-state index contributed by atoms with van der Waals surface area (Å²) in [6.07, 6.45) is 9.06. The molecular formula is C31H24N2. The number of aromatic nitrogens is 1. The minimum absolute atomic E-state index is 0.0335. The summed E-state index contributed by atoms with van der Waals surface area (Å²) in [5.41, 5.74) is 7.53. The van der Waals surface area contributed by atoms with Crippen molar-refractivity contribution in [2.45, 2.75) is 18.4 Å². The highest BCUT2D eigenvalue weighted by molar-refractivity contribution is 6.09. The van der Waals surface area contributed by atoms with Gasteiger partial charge in [-0.2, -0.15) is 0 Å². The first-order valence-electron chi connectivity index (χ1n) is 11.6. The Kier molecular flexibility index (Phi) is 3.78. The van der Waals surface area contributed by atoms with Gasteiger partial charge in [0.05, 0.1) is 17.1 Å². The first kappa shape index (κ1) is 18.5. The van der Waals surface area contributed by atoms with E-state index in [2.05, 4.69) is 138 Å². The highest BCUT2D eigenvalue weighted by Gasteiger charge is 2.46. The Labute approximate surface area is 193 Å². The molecule has 2 atom stereocenters. The molecule has 2 aliphatic rings. The lowest BCUT2D eigenvalue weighted by Crippen LogP contribution is -2.39. The standard InChI is InChI=1S/C31H24N2/c1-31-20-9-8-19-30(31)33(29-18-7-4-15-26(29)31)23-12-10-11-22(21-23)32-27-16-5-2-13-24(27)25-14-3-6-17-28(25)32/h2-21,30H,1H3. The highest BCUT2D eigenvalue weighted by atomic mass is 15.2. The molecule has 0 bridgehead atoms. The van der Waals surface area contributed by atoms with E-state index in [-0.39, 0.29) is 11.5 Å². The van der Waals surface area contributed by atoms with Crippen LogP contribution < -0.4 is 4.90 Å². The molecule has 0 saturated carbocycles. The molecule has 7 rings (SSSR count). The molecule has 2 heterocycles. The molecule has 2 heteroatoms. The number of allylic oxidation sites excluding steroid dienone is 2. The van der Waals surface area contributed by atoms with E-state index in [0.29, 0.717) is 0 Å². The minimum atomic E-state index is -0.0335. The summed E-state index contributed by atoms with van der Waals surface area (Å²) < 4.78 is 2.39. The van der Waals surface area contributed by atoms with Crippen LogP contribution in [0.4, 0.5) is 11.4 Å². The van der Waals surface area contributed by atoms with E-state index in [1.54, 1.807) is 0 Å². The summed E-state index contributed by atoms with van der Waals surface area (Å²) in [6, 6.07) is 35.5. The van der Waals surface area contributed by atoms with Gasteiger partial charge in [0.1, 0.15) is 0 Å². The lowest BCUT2D eigenvalue weighted by molar-refractivity contribution is 0.550. The largest absolute Gasteiger partial charge is 0.333 e. The van der Waals surface area contributed by atoms with Crippen LogP contribution in [0.1, 0.15) is 12.5 Å². The second kappa shape index (κ2) is 6.73. The fraction of sp³-hybridized carbons (Fsp3) is 0.0968. The molecule has 0 saturated heterocycles. The summed E-state index contributed by atoms with van der Waals surface area (Å²) in [5.74, 6) is 0. The van der Waals surface area contributed by atoms with Gasteiger partial charge in [-0.1, -0.05) is 85.0 Å². The average Bonchev–Trinajstić information content (AvgIpc) is 3.34. The zero-order chi connectivity index (χ0) is 22.0. The first-order chi connectivity index (χ1) is 16.3. The van der Waals surface area contributed by atoms with Crippen LogP contribution in [-0.2, 0) is 5.41 Å². The van der Waals surface area contributed by atoms with Gasteiger partial charge in [-0.25, -0.2) is 0 Å². The van der Waals surface area contributed by atoms with Crippen molar-refractivity contribution in [3.63, 3.8) is 0 Å². The maximum atomic E-state index is 2.51. The lowest BCUT2D eigenvalue weighted by Gasteiger charge is -2.34. The quantitative estimate of drug-likeness (QED) is 0.282. The number of nitrogens with zero attached hydrogens (tertiary/aromatic N) is 2. The van der Waals surface area contributed by atoms with E-state index in [4.69, 9.17) is 0 Å². The monoisotopic (exact) mass is 424 g/mol. The van der Waals surface area contributed by atoms with E-state index in [0.717, 1.165) is 0 Å². The maximum absolute atomic E-state index is 2.51. The number of rotatable bonds is 2. The number of fused-ring (bicyclic) bond motifs is 6. The molecule has 2 nitrogen and oxygen atoms in total. The van der Waals surface area contributed by atoms with Gasteiger partial charge in [0.15, 0.2) is 0 Å². The third kappa shape index (κ3) is 2.49. The molecule has 1 aliphatic carbocycles. The maximum Gasteiger partial charge on any atom is 0.0655 e. The van der Waals surface area contributed by atoms with Crippen molar-refractivity contribution in [1.82, 2.24) is 4.57 Å². The Balaban J connectivity index is 1.46. The molecule has 0 radical (unpaired) electrons. The lowest BCUT2D eigenvalue weighted by atomic mass is 9.76. The predicted molar refractivity (Wildman–Crippen MR) is 139 cm³/mol. The van der Waals surface area contributed by atoms with Crippen LogP contribution in [0.5, 0.6) is 0 Å². The fourth-order valence-corrected chi connectivity index (χ4v) is 5.90. The normalized spacial score (nSPS) is 21.0. The molecule has 2 unspecified atom stereocenters. The van der Waals surface area contributed by atoms with E-state index >= 15 is 0 Å². The van der Waals surface area contributed by atoms with Crippen molar-refractivity contribution in [1.29, 1.82) is 0 Å². The molecular weight excluding hydrogens is 400 g/mol. The summed E-state index contributed by atoms with van der Waals surface area (Å²) in [4.78, 5) is 2.51. The van der Waals surface area contributed by atoms with Gasteiger partial charge in [0.2, 0.25) is 0 Å². The SMILES string of the molecule is CC12C=CC=CC1N(c1cccc(-n3c4ccccc4c4ccccc43)c1)c1ccccc12. The van der Waals surface area contributed by atoms with Gasteiger partial charge in [-0.3, -0.25) is 0 Å². The van der Waals surface area contributed by atoms with Gasteiger partial charge < -0.3 is 9.47 Å². The van der Waals surface area contributed by atoms with E-state index in [1.165, 1.54) is 44.4 Å². The zero-order valence-electron chi connectivity index (χ0n) is 18.5. The van der Waals surface area contributed by atoms with Crippen molar-refractivity contribution < 1.29 is 0 Å². The van der Waals surface area contributed by atoms with Crippen molar-refractivity contribution in [3.8, 4) is 5.69 Å². The van der Waals surface area contributed by atoms with Gasteiger partial charge in [-0.15, -0.1) is 0 Å². The Morgan fingerprint density at radius 2 is 1.33 bits per heavy atom. The molecule has 0 amide bonds. The smallest absolute Gasteiger partial charge is 0.0655 e. The molecule has 1 aromatic heterocycles. The van der Waals surface area contributed by atoms with Gasteiger partial charge in [0, 0.05) is 33.2 Å². The average molecular weight is 425 g/mol. The Morgan fingerprint density at radius 3 is 2.12 bits per heavy atom. The van der Waals surface area contributed by atoms with Crippen molar-refractivity contribution in [3.05, 3.63) is 127 Å². The van der Waals surface area contributed by atoms with Crippen molar-refractivity contribution in [2.24, 2.45) is 0 Å². The molecule has 5 aromatic rings. The van der Waals surface area contributed by atoms with Crippen LogP contribution in [0.3, 0.4) is 0 Å². The molecule has 33 heavy (non-hydrogen) atoms. The van der Waals surface area contributed by atoms with Crippen molar-refractivity contribution in [2.75, 3.05) is 4.90 Å². The molecule has 0 fully saturated rings. The molecule has 0 spiro atoms. The van der Waals surface area contributed by atoms with Crippen LogP contribution in [-0.4, -0.2) is 10.6 Å². The second-order valence-electron chi connectivity index (χ2n) is 9.25. The summed E-state index contributed by atoms with van der Waals surface area (Å²) in [7, 11) is 0. The van der Waals surface area contributed by atoms with E-state index in [9.17, 15) is 0 Å². The van der Waals surface area contributed by atoms with Crippen LogP contribution in [0, 0.1) is 0 Å². The summed E-state index contributed by atoms with van der Waals surface area (Å²) >= 11 is 0. The van der Waals surface area contributed by atoms with Crippen LogP contribution in [0.25, 0.3) is 27.5 Å². The van der Waals surface area contributed by atoms with Gasteiger partial charge >= 0.3 is 0 Å². The Morgan fingerprint density at radius 1 is 0.667 bits per heavy atom. The number of benzene rings is 4. The second-order valence-corrected chi connectivity index (χ2v) is 9.25. The van der Waals surface area contributed by atoms with Crippen molar-refractivity contribution >= 4 is 33.2 Å². The number of hydrogen-bond acceptors (Lipinski definition) is 1. The molecule has 0 N–H and O–H groups in total.